The standard InChI is InChI=1S/C8H9N5OS/c1-14-5-4-6(13-7(9)12-5)15-8-10-2-3-11-8/h2-4H,1H3,(H,10,11)(H2,9,12,13). The Balaban J connectivity index is 2.24. The van der Waals surface area contributed by atoms with Crippen LogP contribution in [0.5, 0.6) is 5.88 Å². The summed E-state index contributed by atoms with van der Waals surface area (Å²) >= 11 is 1.36. The minimum Gasteiger partial charge on any atom is -0.481 e. The minimum absolute atomic E-state index is 0.184. The van der Waals surface area contributed by atoms with Gasteiger partial charge in [-0.2, -0.15) is 4.98 Å². The second kappa shape index (κ2) is 4.18. The predicted molar refractivity (Wildman–Crippen MR) is 55.7 cm³/mol. The van der Waals surface area contributed by atoms with Crippen molar-refractivity contribution in [3.63, 3.8) is 0 Å². The Kier molecular flexibility index (Phi) is 2.72. The van der Waals surface area contributed by atoms with E-state index >= 15 is 0 Å². The highest BCUT2D eigenvalue weighted by atomic mass is 32.2. The number of nitrogens with two attached hydrogens (primary N) is 1. The van der Waals surface area contributed by atoms with Crippen molar-refractivity contribution in [1.29, 1.82) is 0 Å². The molecule has 15 heavy (non-hydrogen) atoms. The zero-order valence-corrected chi connectivity index (χ0v) is 8.78. The van der Waals surface area contributed by atoms with Crippen LogP contribution in [0.1, 0.15) is 0 Å². The van der Waals surface area contributed by atoms with Gasteiger partial charge < -0.3 is 15.5 Å². The number of nitrogens with one attached hydrogen (secondary N) is 1. The van der Waals surface area contributed by atoms with E-state index in [1.54, 1.807) is 18.5 Å². The minimum atomic E-state index is 0.184. The Morgan fingerprint density at radius 3 is 3.00 bits per heavy atom. The summed E-state index contributed by atoms with van der Waals surface area (Å²) in [6.45, 7) is 0. The van der Waals surface area contributed by atoms with Crippen molar-refractivity contribution in [2.75, 3.05) is 12.8 Å². The molecule has 3 N–H and O–H groups in total. The van der Waals surface area contributed by atoms with Gasteiger partial charge in [0, 0.05) is 18.5 Å². The number of imidazole rings is 1. The lowest BCUT2D eigenvalue weighted by Crippen LogP contribution is -1.98. The van der Waals surface area contributed by atoms with Gasteiger partial charge in [0.2, 0.25) is 11.8 Å². The van der Waals surface area contributed by atoms with Gasteiger partial charge in [-0.15, -0.1) is 0 Å². The summed E-state index contributed by atoms with van der Waals surface area (Å²) in [6.07, 6.45) is 3.41. The number of hydrogen-bond donors (Lipinski definition) is 2. The summed E-state index contributed by atoms with van der Waals surface area (Å²) in [5, 5.41) is 1.43. The quantitative estimate of drug-likeness (QED) is 0.753. The fourth-order valence-corrected chi connectivity index (χ4v) is 1.72. The van der Waals surface area contributed by atoms with Gasteiger partial charge in [-0.1, -0.05) is 0 Å². The van der Waals surface area contributed by atoms with E-state index in [0.29, 0.717) is 10.9 Å². The van der Waals surface area contributed by atoms with Crippen LogP contribution >= 0.6 is 11.8 Å². The maximum absolute atomic E-state index is 5.52. The fourth-order valence-electron chi connectivity index (χ4n) is 0.983. The van der Waals surface area contributed by atoms with E-state index in [1.807, 2.05) is 0 Å². The molecule has 0 unspecified atom stereocenters. The molecular weight excluding hydrogens is 214 g/mol. The summed E-state index contributed by atoms with van der Waals surface area (Å²) in [6, 6.07) is 1.70. The molecule has 2 aromatic heterocycles. The number of anilines is 1. The molecule has 0 fully saturated rings. The third-order valence-corrected chi connectivity index (χ3v) is 2.41. The van der Waals surface area contributed by atoms with Gasteiger partial charge in [-0.05, 0) is 11.8 Å². The highest BCUT2D eigenvalue weighted by Crippen LogP contribution is 2.25. The van der Waals surface area contributed by atoms with E-state index in [1.165, 1.54) is 18.9 Å². The molecule has 0 aliphatic carbocycles. The maximum Gasteiger partial charge on any atom is 0.224 e. The van der Waals surface area contributed by atoms with Crippen LogP contribution in [0, 0.1) is 0 Å². The van der Waals surface area contributed by atoms with Crippen LogP contribution in [0.4, 0.5) is 5.95 Å². The van der Waals surface area contributed by atoms with Crippen molar-refractivity contribution in [3.05, 3.63) is 18.5 Å². The zero-order valence-electron chi connectivity index (χ0n) is 7.97. The molecule has 0 amide bonds. The van der Waals surface area contributed by atoms with E-state index in [2.05, 4.69) is 19.9 Å². The normalized spacial score (nSPS) is 10.2. The van der Waals surface area contributed by atoms with Gasteiger partial charge >= 0.3 is 0 Å². The highest BCUT2D eigenvalue weighted by Gasteiger charge is 2.05. The lowest BCUT2D eigenvalue weighted by molar-refractivity contribution is 0.396. The molecule has 0 saturated heterocycles. The molecule has 0 aliphatic heterocycles. The molecule has 0 radical (unpaired) electrons. The van der Waals surface area contributed by atoms with E-state index < -0.39 is 0 Å². The first-order valence-corrected chi connectivity index (χ1v) is 4.95. The van der Waals surface area contributed by atoms with Crippen molar-refractivity contribution in [2.24, 2.45) is 0 Å². The first-order valence-electron chi connectivity index (χ1n) is 4.13. The lowest BCUT2D eigenvalue weighted by atomic mass is 10.6. The van der Waals surface area contributed by atoms with Crippen molar-refractivity contribution in [1.82, 2.24) is 19.9 Å². The molecule has 0 saturated carbocycles. The summed E-state index contributed by atoms with van der Waals surface area (Å²) in [5.74, 6) is 0.625. The number of nitrogens with zero attached hydrogens (tertiary/aromatic N) is 3. The number of H-pyrrole nitrogens is 1. The Hall–Kier alpha value is -1.76. The fraction of sp³-hybridized carbons (Fsp3) is 0.125. The summed E-state index contributed by atoms with van der Waals surface area (Å²) in [7, 11) is 1.53. The average Bonchev–Trinajstić information content (AvgIpc) is 2.69. The summed E-state index contributed by atoms with van der Waals surface area (Å²) < 4.78 is 4.98. The first-order chi connectivity index (χ1) is 7.28. The van der Waals surface area contributed by atoms with Crippen LogP contribution in [0.3, 0.4) is 0 Å². The van der Waals surface area contributed by atoms with E-state index in [0.717, 1.165) is 5.16 Å². The molecule has 0 aromatic carbocycles. The van der Waals surface area contributed by atoms with Crippen LogP contribution in [0.25, 0.3) is 0 Å². The smallest absolute Gasteiger partial charge is 0.224 e. The third-order valence-electron chi connectivity index (χ3n) is 1.58. The molecule has 0 spiro atoms. The molecule has 6 nitrogen and oxygen atoms in total. The average molecular weight is 223 g/mol. The molecule has 2 aromatic rings. The number of hydrogen-bond acceptors (Lipinski definition) is 6. The highest BCUT2D eigenvalue weighted by molar-refractivity contribution is 7.99. The molecule has 0 aliphatic rings. The topological polar surface area (TPSA) is 89.7 Å². The molecule has 2 rings (SSSR count). The van der Waals surface area contributed by atoms with Gasteiger partial charge in [0.25, 0.3) is 0 Å². The van der Waals surface area contributed by atoms with Crippen LogP contribution in [0.15, 0.2) is 28.6 Å². The number of aromatic amines is 1. The number of ether oxygens (including phenoxy) is 1. The molecular formula is C8H9N5OS. The first kappa shape index (κ1) is 9.78. The van der Waals surface area contributed by atoms with Gasteiger partial charge in [0.05, 0.1) is 7.11 Å². The molecule has 7 heteroatoms. The van der Waals surface area contributed by atoms with Crippen molar-refractivity contribution in [3.8, 4) is 5.88 Å². The Labute approximate surface area is 90.3 Å². The van der Waals surface area contributed by atoms with Crippen LogP contribution < -0.4 is 10.5 Å². The van der Waals surface area contributed by atoms with Gasteiger partial charge in [-0.25, -0.2) is 9.97 Å². The van der Waals surface area contributed by atoms with E-state index in [4.69, 9.17) is 10.5 Å². The zero-order chi connectivity index (χ0) is 10.7. The lowest BCUT2D eigenvalue weighted by Gasteiger charge is -2.02. The summed E-state index contributed by atoms with van der Waals surface area (Å²) in [5.41, 5.74) is 5.52. The monoisotopic (exact) mass is 223 g/mol. The third kappa shape index (κ3) is 2.38. The maximum atomic E-state index is 5.52. The second-order valence-electron chi connectivity index (χ2n) is 2.60. The predicted octanol–water partition coefficient (Wildman–Crippen LogP) is 0.942. The van der Waals surface area contributed by atoms with Crippen LogP contribution in [-0.4, -0.2) is 27.0 Å². The molecule has 2 heterocycles. The largest absolute Gasteiger partial charge is 0.481 e. The van der Waals surface area contributed by atoms with Gasteiger partial charge in [0.15, 0.2) is 5.16 Å². The van der Waals surface area contributed by atoms with Crippen molar-refractivity contribution in [2.45, 2.75) is 10.2 Å². The number of rotatable bonds is 3. The van der Waals surface area contributed by atoms with Gasteiger partial charge in [0.1, 0.15) is 5.03 Å². The van der Waals surface area contributed by atoms with E-state index in [9.17, 15) is 0 Å². The van der Waals surface area contributed by atoms with Gasteiger partial charge in [-0.3, -0.25) is 0 Å². The molecule has 0 atom stereocenters. The number of nitrogen functional groups attached to an aromatic ring is 1. The number of methoxy groups -OCH3 is 1. The second-order valence-corrected chi connectivity index (χ2v) is 3.61. The molecule has 78 valence electrons. The SMILES string of the molecule is COc1cc(Sc2ncc[nH]2)nc(N)n1. The Morgan fingerprint density at radius 2 is 2.33 bits per heavy atom. The Morgan fingerprint density at radius 1 is 1.47 bits per heavy atom. The Bertz CT molecular complexity index is 444. The molecule has 0 bridgehead atoms. The van der Waals surface area contributed by atoms with E-state index in [-0.39, 0.29) is 5.95 Å². The van der Waals surface area contributed by atoms with Crippen molar-refractivity contribution >= 4 is 17.7 Å². The van der Waals surface area contributed by atoms with Crippen LogP contribution in [-0.2, 0) is 0 Å². The van der Waals surface area contributed by atoms with Crippen molar-refractivity contribution < 1.29 is 4.74 Å². The van der Waals surface area contributed by atoms with Crippen LogP contribution in [0.2, 0.25) is 0 Å². The summed E-state index contributed by atoms with van der Waals surface area (Å²) in [4.78, 5) is 14.9. The number of aromatic nitrogens is 4.